The first-order chi connectivity index (χ1) is 16.6. The van der Waals surface area contributed by atoms with E-state index in [1.165, 1.54) is 24.8 Å². The molecule has 0 heterocycles. The van der Waals surface area contributed by atoms with Crippen molar-refractivity contribution < 1.29 is 25.2 Å². The smallest absolute Gasteiger partial charge is 0.0901 e. The molecule has 3 fully saturated rings. The molecular weight excluding hydrogens is 440 g/mol. The van der Waals surface area contributed by atoms with Gasteiger partial charge in [-0.2, -0.15) is 0 Å². The number of allylic oxidation sites excluding steroid dienone is 3. The Morgan fingerprint density at radius 1 is 1.23 bits per heavy atom. The number of ether oxygens (including phenoxy) is 1. The maximum absolute atomic E-state index is 10.6. The summed E-state index contributed by atoms with van der Waals surface area (Å²) in [5, 5.41) is 40.9. The second kappa shape index (κ2) is 12.0. The van der Waals surface area contributed by atoms with E-state index in [9.17, 15) is 20.4 Å². The van der Waals surface area contributed by atoms with Crippen LogP contribution in [0.1, 0.15) is 91.9 Å². The summed E-state index contributed by atoms with van der Waals surface area (Å²) in [7, 11) is 0. The fourth-order valence-corrected chi connectivity index (χ4v) is 7.29. The molecule has 200 valence electrons. The van der Waals surface area contributed by atoms with E-state index >= 15 is 0 Å². The zero-order valence-corrected chi connectivity index (χ0v) is 22.5. The highest BCUT2D eigenvalue weighted by molar-refractivity contribution is 5.38. The van der Waals surface area contributed by atoms with Gasteiger partial charge in [0.15, 0.2) is 0 Å². The minimum absolute atomic E-state index is 0.0390. The van der Waals surface area contributed by atoms with Crippen LogP contribution in [0.5, 0.6) is 0 Å². The molecular formula is C30H50O5. The van der Waals surface area contributed by atoms with E-state index in [4.69, 9.17) is 4.74 Å². The fraction of sp³-hybridized carbons (Fsp3) is 0.800. The molecule has 3 aliphatic rings. The van der Waals surface area contributed by atoms with Crippen LogP contribution in [0.3, 0.4) is 0 Å². The molecule has 0 aliphatic heterocycles. The van der Waals surface area contributed by atoms with E-state index in [0.717, 1.165) is 24.0 Å². The van der Waals surface area contributed by atoms with Gasteiger partial charge in [0, 0.05) is 12.5 Å². The maximum atomic E-state index is 10.6. The molecule has 5 nitrogen and oxygen atoms in total. The Balaban J connectivity index is 1.65. The van der Waals surface area contributed by atoms with Crippen molar-refractivity contribution in [3.63, 3.8) is 0 Å². The molecule has 0 bridgehead atoms. The molecule has 0 aromatic heterocycles. The molecule has 0 amide bonds. The van der Waals surface area contributed by atoms with Gasteiger partial charge >= 0.3 is 0 Å². The molecule has 35 heavy (non-hydrogen) atoms. The van der Waals surface area contributed by atoms with Gasteiger partial charge in [0.05, 0.1) is 30.5 Å². The number of hydrogen-bond acceptors (Lipinski definition) is 5. The van der Waals surface area contributed by atoms with E-state index in [1.807, 2.05) is 13.8 Å². The fourth-order valence-electron chi connectivity index (χ4n) is 7.29. The molecule has 0 spiro atoms. The van der Waals surface area contributed by atoms with E-state index in [2.05, 4.69) is 32.6 Å². The molecule has 0 radical (unpaired) electrons. The highest BCUT2D eigenvalue weighted by Crippen LogP contribution is 2.58. The number of aliphatic hydroxyl groups excluding tert-OH is 3. The third-order valence-corrected chi connectivity index (χ3v) is 9.86. The van der Waals surface area contributed by atoms with Crippen LogP contribution in [0.4, 0.5) is 0 Å². The standard InChI is InChI=1S/C30H50O5/c1-6-30(34,7-2)28(33)14-16-35-21(4)26-12-13-27-22(9-8-15-29(26,27)5)10-11-23-17-25(32)18-24(19-31)20(23)3/h10-11,21,24-28,31-34H,3,6-9,12-19H2,1-2,4-5H3/b22-10+,23-11+/t21-,24-,25-,26+,27-,28-,29+/m0/s1. The Bertz CT molecular complexity index is 782. The van der Waals surface area contributed by atoms with E-state index in [0.29, 0.717) is 50.5 Å². The Morgan fingerprint density at radius 2 is 1.94 bits per heavy atom. The summed E-state index contributed by atoms with van der Waals surface area (Å²) in [4.78, 5) is 0. The molecule has 0 aromatic rings. The minimum Gasteiger partial charge on any atom is -0.396 e. The van der Waals surface area contributed by atoms with Crippen molar-refractivity contribution in [2.45, 2.75) is 116 Å². The summed E-state index contributed by atoms with van der Waals surface area (Å²) < 4.78 is 6.27. The van der Waals surface area contributed by atoms with Gasteiger partial charge in [-0.3, -0.25) is 0 Å². The van der Waals surface area contributed by atoms with Gasteiger partial charge in [0.25, 0.3) is 0 Å². The van der Waals surface area contributed by atoms with Crippen LogP contribution in [-0.4, -0.2) is 57.6 Å². The van der Waals surface area contributed by atoms with Gasteiger partial charge in [-0.25, -0.2) is 0 Å². The van der Waals surface area contributed by atoms with E-state index in [1.54, 1.807) is 0 Å². The lowest BCUT2D eigenvalue weighted by Crippen LogP contribution is -2.42. The SMILES string of the molecule is C=C1/C(=C/C=C2\CCC[C@]3(C)[C@@H]([C@H](C)OCC[C@H](O)C(O)(CC)CC)CC[C@@H]23)C[C@H](O)C[C@H]1CO. The predicted molar refractivity (Wildman–Crippen MR) is 141 cm³/mol. The Hall–Kier alpha value is -0.980. The summed E-state index contributed by atoms with van der Waals surface area (Å²) >= 11 is 0. The molecule has 7 atom stereocenters. The second-order valence-corrected chi connectivity index (χ2v) is 11.7. The summed E-state index contributed by atoms with van der Waals surface area (Å²) in [5.41, 5.74) is 2.73. The third-order valence-electron chi connectivity index (χ3n) is 9.86. The first-order valence-electron chi connectivity index (χ1n) is 14.0. The highest BCUT2D eigenvalue weighted by atomic mass is 16.5. The van der Waals surface area contributed by atoms with Gasteiger partial charge in [-0.05, 0) is 99.5 Å². The number of hydrogen-bond donors (Lipinski definition) is 4. The Labute approximate surface area is 213 Å². The second-order valence-electron chi connectivity index (χ2n) is 11.7. The average Bonchev–Trinajstić information content (AvgIpc) is 3.21. The average molecular weight is 491 g/mol. The van der Waals surface area contributed by atoms with Crippen molar-refractivity contribution >= 4 is 0 Å². The van der Waals surface area contributed by atoms with Gasteiger partial charge < -0.3 is 25.2 Å². The number of fused-ring (bicyclic) bond motifs is 1. The van der Waals surface area contributed by atoms with Crippen molar-refractivity contribution in [3.8, 4) is 0 Å². The van der Waals surface area contributed by atoms with Crippen molar-refractivity contribution in [3.05, 3.63) is 35.5 Å². The lowest BCUT2D eigenvalue weighted by molar-refractivity contribution is -0.0997. The van der Waals surface area contributed by atoms with Crippen LogP contribution in [-0.2, 0) is 4.74 Å². The maximum Gasteiger partial charge on any atom is 0.0901 e. The minimum atomic E-state index is -1.02. The highest BCUT2D eigenvalue weighted by Gasteiger charge is 2.51. The Morgan fingerprint density at radius 3 is 2.60 bits per heavy atom. The van der Waals surface area contributed by atoms with Gasteiger partial charge in [-0.1, -0.05) is 45.1 Å². The van der Waals surface area contributed by atoms with Crippen LogP contribution < -0.4 is 0 Å². The predicted octanol–water partition coefficient (Wildman–Crippen LogP) is 5.08. The first-order valence-corrected chi connectivity index (χ1v) is 14.0. The van der Waals surface area contributed by atoms with E-state index < -0.39 is 17.8 Å². The van der Waals surface area contributed by atoms with Gasteiger partial charge in [-0.15, -0.1) is 0 Å². The van der Waals surface area contributed by atoms with Crippen molar-refractivity contribution in [1.82, 2.24) is 0 Å². The van der Waals surface area contributed by atoms with Crippen molar-refractivity contribution in [2.75, 3.05) is 13.2 Å². The number of aliphatic hydroxyl groups is 4. The molecule has 3 saturated carbocycles. The van der Waals surface area contributed by atoms with E-state index in [-0.39, 0.29) is 24.0 Å². The zero-order valence-electron chi connectivity index (χ0n) is 22.5. The van der Waals surface area contributed by atoms with Crippen LogP contribution >= 0.6 is 0 Å². The van der Waals surface area contributed by atoms with Crippen molar-refractivity contribution in [2.24, 2.45) is 23.2 Å². The van der Waals surface area contributed by atoms with Crippen molar-refractivity contribution in [1.29, 1.82) is 0 Å². The summed E-state index contributed by atoms with van der Waals surface area (Å²) in [6.45, 7) is 13.2. The third kappa shape index (κ3) is 6.13. The first kappa shape index (κ1) is 28.6. The molecule has 0 unspecified atom stereocenters. The molecule has 3 aliphatic carbocycles. The van der Waals surface area contributed by atoms with Crippen LogP contribution in [0.15, 0.2) is 35.5 Å². The topological polar surface area (TPSA) is 90.2 Å². The van der Waals surface area contributed by atoms with Gasteiger partial charge in [0.2, 0.25) is 0 Å². The van der Waals surface area contributed by atoms with Crippen LogP contribution in [0.25, 0.3) is 0 Å². The molecule has 4 N–H and O–H groups in total. The van der Waals surface area contributed by atoms with Crippen LogP contribution in [0, 0.1) is 23.2 Å². The lowest BCUT2D eigenvalue weighted by Gasteiger charge is -2.44. The van der Waals surface area contributed by atoms with Gasteiger partial charge in [0.1, 0.15) is 0 Å². The normalized spacial score (nSPS) is 35.9. The largest absolute Gasteiger partial charge is 0.396 e. The summed E-state index contributed by atoms with van der Waals surface area (Å²) in [5.74, 6) is 0.968. The quantitative estimate of drug-likeness (QED) is 0.343. The molecule has 5 heteroatoms. The summed E-state index contributed by atoms with van der Waals surface area (Å²) in [6, 6.07) is 0. The summed E-state index contributed by atoms with van der Waals surface area (Å²) in [6.07, 6.45) is 12.0. The lowest BCUT2D eigenvalue weighted by atomic mass is 9.62. The van der Waals surface area contributed by atoms with Crippen LogP contribution in [0.2, 0.25) is 0 Å². The monoisotopic (exact) mass is 490 g/mol. The number of rotatable bonds is 10. The Kier molecular flexibility index (Phi) is 9.84. The molecule has 0 aromatic carbocycles. The molecule has 0 saturated heterocycles. The molecule has 3 rings (SSSR count). The zero-order chi connectivity index (χ0) is 25.8.